The van der Waals surface area contributed by atoms with Gasteiger partial charge in [-0.15, -0.1) is 0 Å². The molecule has 0 aliphatic heterocycles. The molecule has 1 aromatic rings. The summed E-state index contributed by atoms with van der Waals surface area (Å²) in [4.78, 5) is 0. The van der Waals surface area contributed by atoms with Crippen LogP contribution in [0.3, 0.4) is 0 Å². The first kappa shape index (κ1) is 9.07. The van der Waals surface area contributed by atoms with E-state index in [1.165, 1.54) is 0 Å². The van der Waals surface area contributed by atoms with Crippen molar-refractivity contribution in [2.75, 3.05) is 0 Å². The molecule has 1 aromatic carbocycles. The highest BCUT2D eigenvalue weighted by Crippen LogP contribution is 2.36. The van der Waals surface area contributed by atoms with Crippen molar-refractivity contribution in [1.82, 2.24) is 0 Å². The number of aryl methyl sites for hydroxylation is 2. The molecule has 1 N–H and O–H groups in total. The first-order valence-electron chi connectivity index (χ1n) is 3.18. The van der Waals surface area contributed by atoms with Crippen LogP contribution in [-0.4, -0.2) is 5.11 Å². The SMILES string of the molecule is Cc1cc(C)c(Br)c(Br)c1O. The van der Waals surface area contributed by atoms with Gasteiger partial charge in [-0.2, -0.15) is 0 Å². The molecule has 0 saturated heterocycles. The zero-order valence-corrected chi connectivity index (χ0v) is 9.45. The van der Waals surface area contributed by atoms with E-state index < -0.39 is 0 Å². The average molecular weight is 280 g/mol. The third-order valence-electron chi connectivity index (χ3n) is 1.55. The molecule has 1 rings (SSSR count). The molecule has 0 radical (unpaired) electrons. The van der Waals surface area contributed by atoms with Gasteiger partial charge in [0.2, 0.25) is 0 Å². The lowest BCUT2D eigenvalue weighted by Crippen LogP contribution is -1.82. The van der Waals surface area contributed by atoms with Gasteiger partial charge in [-0.3, -0.25) is 0 Å². The number of halogens is 2. The Balaban J connectivity index is 3.46. The van der Waals surface area contributed by atoms with Gasteiger partial charge in [-0.1, -0.05) is 6.07 Å². The minimum Gasteiger partial charge on any atom is -0.506 e. The topological polar surface area (TPSA) is 20.2 Å². The van der Waals surface area contributed by atoms with Crippen LogP contribution >= 0.6 is 31.9 Å². The largest absolute Gasteiger partial charge is 0.506 e. The zero-order valence-electron chi connectivity index (χ0n) is 6.28. The Morgan fingerprint density at radius 1 is 1.09 bits per heavy atom. The highest BCUT2D eigenvalue weighted by Gasteiger charge is 2.07. The van der Waals surface area contributed by atoms with Crippen LogP contribution in [0.4, 0.5) is 0 Å². The van der Waals surface area contributed by atoms with Crippen LogP contribution in [-0.2, 0) is 0 Å². The quantitative estimate of drug-likeness (QED) is 0.770. The number of benzene rings is 1. The number of rotatable bonds is 0. The van der Waals surface area contributed by atoms with Gasteiger partial charge in [-0.25, -0.2) is 0 Å². The van der Waals surface area contributed by atoms with E-state index in [1.807, 2.05) is 19.9 Å². The minimum atomic E-state index is 0.308. The molecule has 0 unspecified atom stereocenters. The van der Waals surface area contributed by atoms with Gasteiger partial charge >= 0.3 is 0 Å². The van der Waals surface area contributed by atoms with Crippen molar-refractivity contribution >= 4 is 31.9 Å². The highest BCUT2D eigenvalue weighted by atomic mass is 79.9. The average Bonchev–Trinajstić information content (AvgIpc) is 1.97. The zero-order chi connectivity index (χ0) is 8.59. The number of phenols is 1. The molecule has 0 atom stereocenters. The molecule has 1 nitrogen and oxygen atoms in total. The van der Waals surface area contributed by atoms with Gasteiger partial charge in [0.1, 0.15) is 5.75 Å². The fourth-order valence-corrected chi connectivity index (χ4v) is 1.83. The van der Waals surface area contributed by atoms with E-state index in [2.05, 4.69) is 31.9 Å². The molecule has 0 fully saturated rings. The molecule has 0 aliphatic carbocycles. The molecule has 60 valence electrons. The molecule has 0 aliphatic rings. The predicted octanol–water partition coefficient (Wildman–Crippen LogP) is 3.53. The molecule has 0 amide bonds. The molecule has 11 heavy (non-hydrogen) atoms. The molecular formula is C8H8Br2O. The van der Waals surface area contributed by atoms with Gasteiger partial charge in [0, 0.05) is 4.47 Å². The molecule has 0 bridgehead atoms. The third-order valence-corrected chi connectivity index (χ3v) is 3.88. The van der Waals surface area contributed by atoms with E-state index >= 15 is 0 Å². The van der Waals surface area contributed by atoms with Gasteiger partial charge in [0.15, 0.2) is 0 Å². The molecule has 0 aromatic heterocycles. The predicted molar refractivity (Wildman–Crippen MR) is 53.0 cm³/mol. The minimum absolute atomic E-state index is 0.308. The van der Waals surface area contributed by atoms with E-state index in [9.17, 15) is 5.11 Å². The molecule has 0 heterocycles. The van der Waals surface area contributed by atoms with Crippen LogP contribution < -0.4 is 0 Å². The summed E-state index contributed by atoms with van der Waals surface area (Å²) in [6.45, 7) is 3.86. The van der Waals surface area contributed by atoms with Crippen LogP contribution in [0, 0.1) is 13.8 Å². The van der Waals surface area contributed by atoms with E-state index in [0.29, 0.717) is 5.75 Å². The Labute approximate surface area is 82.7 Å². The number of hydrogen-bond donors (Lipinski definition) is 1. The first-order chi connectivity index (χ1) is 5.04. The van der Waals surface area contributed by atoms with Crippen LogP contribution in [0.2, 0.25) is 0 Å². The van der Waals surface area contributed by atoms with Crippen molar-refractivity contribution in [2.45, 2.75) is 13.8 Å². The van der Waals surface area contributed by atoms with E-state index in [0.717, 1.165) is 20.1 Å². The summed E-state index contributed by atoms with van der Waals surface area (Å²) in [5.41, 5.74) is 2.00. The molecule has 3 heteroatoms. The van der Waals surface area contributed by atoms with Crippen molar-refractivity contribution in [3.05, 3.63) is 26.1 Å². The summed E-state index contributed by atoms with van der Waals surface area (Å²) in [6.07, 6.45) is 0. The second-order valence-electron chi connectivity index (χ2n) is 2.49. The van der Waals surface area contributed by atoms with Crippen molar-refractivity contribution in [1.29, 1.82) is 0 Å². The van der Waals surface area contributed by atoms with E-state index in [-0.39, 0.29) is 0 Å². The van der Waals surface area contributed by atoms with Gasteiger partial charge in [-0.05, 0) is 56.8 Å². The smallest absolute Gasteiger partial charge is 0.133 e. The highest BCUT2D eigenvalue weighted by molar-refractivity contribution is 9.13. The number of hydrogen-bond acceptors (Lipinski definition) is 1. The Morgan fingerprint density at radius 3 is 2.18 bits per heavy atom. The van der Waals surface area contributed by atoms with Crippen LogP contribution in [0.25, 0.3) is 0 Å². The summed E-state index contributed by atoms with van der Waals surface area (Å²) in [7, 11) is 0. The van der Waals surface area contributed by atoms with Crippen LogP contribution in [0.5, 0.6) is 5.75 Å². The summed E-state index contributed by atoms with van der Waals surface area (Å²) in [6, 6.07) is 1.93. The third kappa shape index (κ3) is 1.59. The summed E-state index contributed by atoms with van der Waals surface area (Å²) in [5, 5.41) is 9.43. The molecule has 0 saturated carbocycles. The lowest BCUT2D eigenvalue weighted by molar-refractivity contribution is 0.467. The fourth-order valence-electron chi connectivity index (χ4n) is 0.907. The second kappa shape index (κ2) is 3.15. The molecular weight excluding hydrogens is 272 g/mol. The second-order valence-corrected chi connectivity index (χ2v) is 4.07. The van der Waals surface area contributed by atoms with Crippen molar-refractivity contribution < 1.29 is 5.11 Å². The van der Waals surface area contributed by atoms with Gasteiger partial charge in [0.25, 0.3) is 0 Å². The Morgan fingerprint density at radius 2 is 1.64 bits per heavy atom. The first-order valence-corrected chi connectivity index (χ1v) is 4.76. The number of aromatic hydroxyl groups is 1. The van der Waals surface area contributed by atoms with Crippen molar-refractivity contribution in [3.8, 4) is 5.75 Å². The standard InChI is InChI=1S/C8H8Br2O/c1-4-3-5(2)8(11)7(10)6(4)9/h3,11H,1-2H3. The maximum Gasteiger partial charge on any atom is 0.133 e. The summed E-state index contributed by atoms with van der Waals surface area (Å²) < 4.78 is 1.65. The van der Waals surface area contributed by atoms with Crippen LogP contribution in [0.15, 0.2) is 15.0 Å². The molecule has 0 spiro atoms. The van der Waals surface area contributed by atoms with E-state index in [1.54, 1.807) is 0 Å². The van der Waals surface area contributed by atoms with Crippen molar-refractivity contribution in [3.63, 3.8) is 0 Å². The van der Waals surface area contributed by atoms with Crippen LogP contribution in [0.1, 0.15) is 11.1 Å². The lowest BCUT2D eigenvalue weighted by atomic mass is 10.1. The monoisotopic (exact) mass is 278 g/mol. The van der Waals surface area contributed by atoms with Gasteiger partial charge < -0.3 is 5.11 Å². The lowest BCUT2D eigenvalue weighted by Gasteiger charge is -2.06. The Kier molecular flexibility index (Phi) is 2.60. The van der Waals surface area contributed by atoms with Gasteiger partial charge in [0.05, 0.1) is 4.47 Å². The summed E-state index contributed by atoms with van der Waals surface area (Å²) >= 11 is 6.64. The maximum absolute atomic E-state index is 9.43. The summed E-state index contributed by atoms with van der Waals surface area (Å²) in [5.74, 6) is 0.308. The Bertz CT molecular complexity index is 268. The number of phenolic OH excluding ortho intramolecular Hbond substituents is 1. The Hall–Kier alpha value is -0.0200. The van der Waals surface area contributed by atoms with Crippen molar-refractivity contribution in [2.24, 2.45) is 0 Å². The fraction of sp³-hybridized carbons (Fsp3) is 0.250. The van der Waals surface area contributed by atoms with E-state index in [4.69, 9.17) is 0 Å². The maximum atomic E-state index is 9.43. The normalized spacial score (nSPS) is 10.2.